The van der Waals surface area contributed by atoms with Crippen LogP contribution in [0.4, 0.5) is 19.0 Å². The number of rotatable bonds is 9. The fourth-order valence-electron chi connectivity index (χ4n) is 4.39. The normalized spacial score (nSPS) is 14.1. The number of hydrogen-bond donors (Lipinski definition) is 2. The Labute approximate surface area is 234 Å². The largest absolute Gasteiger partial charge is 0.508 e. The minimum absolute atomic E-state index is 0.000183. The SMILES string of the molecule is O=C(NS(=O)(=O)CCC(F)(F)F)c1ccc(N2CCN(C(=O)CCc3ccccc3-c3cccc(O)c3)CC2)nn1. The molecule has 2 heterocycles. The molecular formula is C27H28F3N5O5S. The molecule has 1 fully saturated rings. The lowest BCUT2D eigenvalue weighted by Gasteiger charge is -2.35. The van der Waals surface area contributed by atoms with E-state index in [2.05, 4.69) is 10.2 Å². The van der Waals surface area contributed by atoms with Gasteiger partial charge in [0.1, 0.15) is 5.75 Å². The van der Waals surface area contributed by atoms with Crippen LogP contribution in [0.2, 0.25) is 0 Å². The van der Waals surface area contributed by atoms with E-state index < -0.39 is 34.3 Å². The van der Waals surface area contributed by atoms with Gasteiger partial charge >= 0.3 is 6.18 Å². The predicted molar refractivity (Wildman–Crippen MR) is 145 cm³/mol. The average molecular weight is 592 g/mol. The number of nitrogens with zero attached hydrogens (tertiary/aromatic N) is 4. The van der Waals surface area contributed by atoms with E-state index in [0.717, 1.165) is 16.7 Å². The van der Waals surface area contributed by atoms with E-state index in [4.69, 9.17) is 0 Å². The molecule has 218 valence electrons. The van der Waals surface area contributed by atoms with Crippen molar-refractivity contribution >= 4 is 27.7 Å². The predicted octanol–water partition coefficient (Wildman–Crippen LogP) is 3.14. The molecule has 1 aromatic heterocycles. The number of phenols is 1. The van der Waals surface area contributed by atoms with Crippen LogP contribution in [0.25, 0.3) is 11.1 Å². The lowest BCUT2D eigenvalue weighted by atomic mass is 9.96. The zero-order valence-electron chi connectivity index (χ0n) is 21.8. The molecule has 0 aliphatic carbocycles. The number of sulfonamides is 1. The number of piperazine rings is 1. The summed E-state index contributed by atoms with van der Waals surface area (Å²) in [6.07, 6.45) is -5.41. The van der Waals surface area contributed by atoms with Gasteiger partial charge in [-0.2, -0.15) is 13.2 Å². The molecule has 4 rings (SSSR count). The van der Waals surface area contributed by atoms with E-state index in [1.165, 1.54) is 12.1 Å². The number of aryl methyl sites for hydroxylation is 1. The number of hydrogen-bond acceptors (Lipinski definition) is 8. The Balaban J connectivity index is 1.28. The summed E-state index contributed by atoms with van der Waals surface area (Å²) in [5, 5.41) is 17.5. The van der Waals surface area contributed by atoms with Gasteiger partial charge in [0.15, 0.2) is 11.5 Å². The van der Waals surface area contributed by atoms with Crippen LogP contribution in [0, 0.1) is 0 Å². The van der Waals surface area contributed by atoms with Crippen LogP contribution in [0.15, 0.2) is 60.7 Å². The molecule has 0 radical (unpaired) electrons. The van der Waals surface area contributed by atoms with Crippen molar-refractivity contribution in [2.24, 2.45) is 0 Å². The van der Waals surface area contributed by atoms with Gasteiger partial charge in [0.2, 0.25) is 15.9 Å². The van der Waals surface area contributed by atoms with Crippen LogP contribution < -0.4 is 9.62 Å². The van der Waals surface area contributed by atoms with Crippen LogP contribution in [0.5, 0.6) is 5.75 Å². The third-order valence-corrected chi connectivity index (χ3v) is 7.76. The summed E-state index contributed by atoms with van der Waals surface area (Å²) in [6.45, 7) is 1.79. The maximum atomic E-state index is 12.9. The first-order chi connectivity index (χ1) is 19.4. The number of halogens is 3. The molecule has 14 heteroatoms. The lowest BCUT2D eigenvalue weighted by molar-refractivity contribution is -0.131. The smallest absolute Gasteiger partial charge is 0.390 e. The Bertz CT molecular complexity index is 1490. The van der Waals surface area contributed by atoms with Crippen molar-refractivity contribution < 1.29 is 36.3 Å². The Morgan fingerprint density at radius 3 is 2.34 bits per heavy atom. The quantitative estimate of drug-likeness (QED) is 0.388. The Morgan fingerprint density at radius 1 is 0.951 bits per heavy atom. The second-order valence-corrected chi connectivity index (χ2v) is 11.3. The summed E-state index contributed by atoms with van der Waals surface area (Å²) in [5.74, 6) is -1.87. The third kappa shape index (κ3) is 8.39. The molecule has 2 aromatic carbocycles. The second-order valence-electron chi connectivity index (χ2n) is 9.47. The average Bonchev–Trinajstić information content (AvgIpc) is 2.95. The van der Waals surface area contributed by atoms with Gasteiger partial charge in [-0.25, -0.2) is 13.1 Å². The number of aromatic nitrogens is 2. The number of anilines is 1. The lowest BCUT2D eigenvalue weighted by Crippen LogP contribution is -2.49. The highest BCUT2D eigenvalue weighted by molar-refractivity contribution is 7.90. The van der Waals surface area contributed by atoms with E-state index in [9.17, 15) is 36.3 Å². The Hall–Kier alpha value is -4.20. The molecule has 3 aromatic rings. The van der Waals surface area contributed by atoms with Crippen molar-refractivity contribution in [3.63, 3.8) is 0 Å². The molecule has 10 nitrogen and oxygen atoms in total. The summed E-state index contributed by atoms with van der Waals surface area (Å²) < 4.78 is 62.0. The van der Waals surface area contributed by atoms with E-state index in [1.807, 2.05) is 35.2 Å². The first-order valence-electron chi connectivity index (χ1n) is 12.8. The number of aromatic hydroxyl groups is 1. The van der Waals surface area contributed by atoms with Crippen LogP contribution in [-0.2, 0) is 21.2 Å². The number of carbonyl (C=O) groups excluding carboxylic acids is 2. The van der Waals surface area contributed by atoms with Crippen molar-refractivity contribution in [3.05, 3.63) is 71.9 Å². The zero-order valence-corrected chi connectivity index (χ0v) is 22.7. The van der Waals surface area contributed by atoms with Crippen molar-refractivity contribution in [3.8, 4) is 16.9 Å². The van der Waals surface area contributed by atoms with Crippen LogP contribution in [-0.4, -0.2) is 78.5 Å². The fourth-order valence-corrected chi connectivity index (χ4v) is 5.38. The molecule has 0 unspecified atom stereocenters. The van der Waals surface area contributed by atoms with Gasteiger partial charge in [-0.1, -0.05) is 36.4 Å². The van der Waals surface area contributed by atoms with Crippen molar-refractivity contribution in [1.82, 2.24) is 19.8 Å². The molecule has 0 spiro atoms. The first kappa shape index (κ1) is 29.8. The Morgan fingerprint density at radius 2 is 1.68 bits per heavy atom. The number of carbonyl (C=O) groups is 2. The van der Waals surface area contributed by atoms with Gasteiger partial charge in [0, 0.05) is 32.6 Å². The van der Waals surface area contributed by atoms with Gasteiger partial charge in [0.05, 0.1) is 12.2 Å². The van der Waals surface area contributed by atoms with Crippen LogP contribution in [0.3, 0.4) is 0 Å². The summed E-state index contributed by atoms with van der Waals surface area (Å²) in [7, 11) is -4.49. The molecular weight excluding hydrogens is 563 g/mol. The fraction of sp³-hybridized carbons (Fsp3) is 0.333. The summed E-state index contributed by atoms with van der Waals surface area (Å²) in [6, 6.07) is 17.4. The molecule has 0 saturated carbocycles. The second kappa shape index (κ2) is 12.5. The molecule has 1 saturated heterocycles. The van der Waals surface area contributed by atoms with E-state index in [1.54, 1.807) is 27.8 Å². The monoisotopic (exact) mass is 591 g/mol. The van der Waals surface area contributed by atoms with Gasteiger partial charge in [-0.15, -0.1) is 10.2 Å². The maximum absolute atomic E-state index is 12.9. The van der Waals surface area contributed by atoms with Crippen LogP contribution in [0.1, 0.15) is 28.9 Å². The zero-order chi connectivity index (χ0) is 29.6. The molecule has 41 heavy (non-hydrogen) atoms. The van der Waals surface area contributed by atoms with Crippen LogP contribution >= 0.6 is 0 Å². The number of nitrogens with one attached hydrogen (secondary N) is 1. The van der Waals surface area contributed by atoms with Crippen molar-refractivity contribution in [1.29, 1.82) is 0 Å². The van der Waals surface area contributed by atoms with Gasteiger partial charge in [-0.3, -0.25) is 9.59 Å². The third-order valence-electron chi connectivity index (χ3n) is 6.52. The summed E-state index contributed by atoms with van der Waals surface area (Å²) in [4.78, 5) is 28.7. The molecule has 2 N–H and O–H groups in total. The van der Waals surface area contributed by atoms with E-state index >= 15 is 0 Å². The minimum atomic E-state index is -4.67. The van der Waals surface area contributed by atoms with E-state index in [0.29, 0.717) is 44.8 Å². The molecule has 1 aliphatic heterocycles. The highest BCUT2D eigenvalue weighted by Crippen LogP contribution is 2.27. The first-order valence-corrected chi connectivity index (χ1v) is 14.4. The molecule has 0 atom stereocenters. The Kier molecular flexibility index (Phi) is 9.11. The molecule has 1 aliphatic rings. The number of benzene rings is 2. The van der Waals surface area contributed by atoms with Crippen molar-refractivity contribution in [2.75, 3.05) is 36.8 Å². The highest BCUT2D eigenvalue weighted by atomic mass is 32.2. The molecule has 0 bridgehead atoms. The maximum Gasteiger partial charge on any atom is 0.390 e. The summed E-state index contributed by atoms with van der Waals surface area (Å²) in [5.41, 5.74) is 2.46. The number of alkyl halides is 3. The van der Waals surface area contributed by atoms with Crippen molar-refractivity contribution in [2.45, 2.75) is 25.4 Å². The minimum Gasteiger partial charge on any atom is -0.508 e. The van der Waals surface area contributed by atoms with Gasteiger partial charge in [-0.05, 0) is 47.4 Å². The number of amides is 2. The standard InChI is InChI=1S/C27H28F3N5O5S/c28-27(29,30)12-17-41(39,40)33-26(38)23-9-10-24(32-31-23)34-13-15-35(16-14-34)25(37)11-8-19-4-1-2-7-22(19)20-5-3-6-21(36)18-20/h1-7,9-10,18,36H,8,11-17H2,(H,33,38). The summed E-state index contributed by atoms with van der Waals surface area (Å²) >= 11 is 0. The van der Waals surface area contributed by atoms with Gasteiger partial charge < -0.3 is 14.9 Å². The van der Waals surface area contributed by atoms with E-state index in [-0.39, 0.29) is 17.4 Å². The topological polar surface area (TPSA) is 133 Å². The number of phenolic OH excluding ortho intramolecular Hbond substituents is 1. The molecule has 2 amide bonds. The van der Waals surface area contributed by atoms with Gasteiger partial charge in [0.25, 0.3) is 5.91 Å². The highest BCUT2D eigenvalue weighted by Gasteiger charge is 2.31.